The van der Waals surface area contributed by atoms with Gasteiger partial charge in [0.1, 0.15) is 5.75 Å². The summed E-state index contributed by atoms with van der Waals surface area (Å²) in [7, 11) is 0. The quantitative estimate of drug-likeness (QED) is 0.504. The number of nitrogens with zero attached hydrogens (tertiary/aromatic N) is 2. The number of rotatable bonds is 5. The summed E-state index contributed by atoms with van der Waals surface area (Å²) in [5, 5.41) is 4.42. The van der Waals surface area contributed by atoms with Crippen LogP contribution in [0.3, 0.4) is 0 Å². The maximum Gasteiger partial charge on any atom is 0.338 e. The lowest BCUT2D eigenvalue weighted by Crippen LogP contribution is -2.14. The number of carbonyl (C=O) groups excluding carboxylic acids is 2. The molecule has 0 unspecified atom stereocenters. The molecule has 0 N–H and O–H groups in total. The number of hydrogen-bond acceptors (Lipinski definition) is 5. The van der Waals surface area contributed by atoms with E-state index >= 15 is 0 Å². The van der Waals surface area contributed by atoms with E-state index < -0.39 is 5.97 Å². The molecule has 0 saturated heterocycles. The Balaban J connectivity index is 1.39. The second-order valence-corrected chi connectivity index (χ2v) is 6.81. The van der Waals surface area contributed by atoms with Crippen LogP contribution in [0.4, 0.5) is 0 Å². The van der Waals surface area contributed by atoms with Crippen LogP contribution in [0.25, 0.3) is 5.69 Å². The molecule has 6 heteroatoms. The molecule has 0 radical (unpaired) electrons. The molecule has 0 spiro atoms. The van der Waals surface area contributed by atoms with Crippen molar-refractivity contribution in [2.45, 2.75) is 20.3 Å². The maximum atomic E-state index is 12.3. The summed E-state index contributed by atoms with van der Waals surface area (Å²) in [6.07, 6.45) is 0.790. The monoisotopic (exact) mass is 376 g/mol. The molecule has 0 bridgehead atoms. The molecule has 1 aromatic heterocycles. The Bertz CT molecular complexity index is 1050. The van der Waals surface area contributed by atoms with E-state index in [0.29, 0.717) is 17.7 Å². The average Bonchev–Trinajstić information content (AvgIpc) is 3.30. The Hall–Kier alpha value is -3.41. The van der Waals surface area contributed by atoms with Gasteiger partial charge in [0.15, 0.2) is 12.4 Å². The van der Waals surface area contributed by atoms with Gasteiger partial charge in [-0.1, -0.05) is 0 Å². The number of benzene rings is 2. The minimum atomic E-state index is -0.530. The molecule has 28 heavy (non-hydrogen) atoms. The number of ether oxygens (including phenoxy) is 2. The number of aromatic nitrogens is 2. The molecule has 0 fully saturated rings. The summed E-state index contributed by atoms with van der Waals surface area (Å²) < 4.78 is 12.4. The highest BCUT2D eigenvalue weighted by Gasteiger charge is 2.17. The van der Waals surface area contributed by atoms with Gasteiger partial charge in [0, 0.05) is 17.7 Å². The van der Waals surface area contributed by atoms with E-state index in [9.17, 15) is 9.59 Å². The summed E-state index contributed by atoms with van der Waals surface area (Å²) in [4.78, 5) is 24.6. The highest BCUT2D eigenvalue weighted by Crippen LogP contribution is 2.26. The van der Waals surface area contributed by atoms with Crippen LogP contribution in [0.1, 0.15) is 37.7 Å². The molecule has 6 nitrogen and oxygen atoms in total. The van der Waals surface area contributed by atoms with Crippen LogP contribution in [-0.4, -0.2) is 34.7 Å². The Kier molecular flexibility index (Phi) is 4.69. The summed E-state index contributed by atoms with van der Waals surface area (Å²) in [6.45, 7) is 4.24. The van der Waals surface area contributed by atoms with Crippen LogP contribution in [0, 0.1) is 13.8 Å². The number of Topliss-reactive ketones (excluding diaryl/α,β-unsaturated/α-hetero) is 1. The van der Waals surface area contributed by atoms with Crippen LogP contribution in [0.2, 0.25) is 0 Å². The fourth-order valence-corrected chi connectivity index (χ4v) is 3.29. The van der Waals surface area contributed by atoms with Gasteiger partial charge in [0.25, 0.3) is 0 Å². The SMILES string of the molecule is Cc1cc(C)n(-c2ccc(C(=O)OCC(=O)c3ccc4c(c3)CCO4)cc2)n1. The van der Waals surface area contributed by atoms with Crippen LogP contribution in [0.5, 0.6) is 5.75 Å². The first kappa shape index (κ1) is 18.0. The van der Waals surface area contributed by atoms with Crippen molar-refractivity contribution in [2.75, 3.05) is 13.2 Å². The van der Waals surface area contributed by atoms with Gasteiger partial charge in [-0.3, -0.25) is 4.79 Å². The summed E-state index contributed by atoms with van der Waals surface area (Å²) in [6, 6.07) is 14.2. The Labute approximate surface area is 162 Å². The van der Waals surface area contributed by atoms with Crippen LogP contribution in [-0.2, 0) is 11.2 Å². The first-order chi connectivity index (χ1) is 13.5. The van der Waals surface area contributed by atoms with Gasteiger partial charge in [-0.25, -0.2) is 9.48 Å². The van der Waals surface area contributed by atoms with Crippen LogP contribution < -0.4 is 4.74 Å². The third-order valence-corrected chi connectivity index (χ3v) is 4.70. The smallest absolute Gasteiger partial charge is 0.338 e. The zero-order valence-electron chi connectivity index (χ0n) is 15.8. The number of aryl methyl sites for hydroxylation is 2. The fourth-order valence-electron chi connectivity index (χ4n) is 3.29. The first-order valence-electron chi connectivity index (χ1n) is 9.11. The molecule has 2 heterocycles. The summed E-state index contributed by atoms with van der Waals surface area (Å²) >= 11 is 0. The normalized spacial score (nSPS) is 12.4. The highest BCUT2D eigenvalue weighted by atomic mass is 16.5. The molecule has 0 atom stereocenters. The molecule has 4 rings (SSSR count). The summed E-state index contributed by atoms with van der Waals surface area (Å²) in [5.41, 5.74) is 4.73. The largest absolute Gasteiger partial charge is 0.493 e. The van der Waals surface area contributed by atoms with Crippen molar-refractivity contribution in [1.82, 2.24) is 9.78 Å². The number of ketones is 1. The molecule has 1 aliphatic heterocycles. The van der Waals surface area contributed by atoms with Gasteiger partial charge in [0.05, 0.1) is 23.6 Å². The van der Waals surface area contributed by atoms with E-state index in [2.05, 4.69) is 5.10 Å². The molecule has 2 aromatic carbocycles. The van der Waals surface area contributed by atoms with Gasteiger partial charge in [-0.2, -0.15) is 5.10 Å². The topological polar surface area (TPSA) is 70.4 Å². The Morgan fingerprint density at radius 3 is 2.54 bits per heavy atom. The van der Waals surface area contributed by atoms with Crippen molar-refractivity contribution in [1.29, 1.82) is 0 Å². The van der Waals surface area contributed by atoms with Crippen LogP contribution in [0.15, 0.2) is 48.5 Å². The standard InChI is InChI=1S/C22H20N2O4/c1-14-11-15(2)24(23-14)19-6-3-16(4-7-19)22(26)28-13-20(25)17-5-8-21-18(12-17)9-10-27-21/h3-8,11-12H,9-10,13H2,1-2H3. The second-order valence-electron chi connectivity index (χ2n) is 6.81. The van der Waals surface area contributed by atoms with Crippen LogP contribution >= 0.6 is 0 Å². The van der Waals surface area contributed by atoms with E-state index in [1.165, 1.54) is 0 Å². The average molecular weight is 376 g/mol. The van der Waals surface area contributed by atoms with Crippen molar-refractivity contribution in [3.05, 3.63) is 76.6 Å². The first-order valence-corrected chi connectivity index (χ1v) is 9.11. The Morgan fingerprint density at radius 1 is 1.07 bits per heavy atom. The number of fused-ring (bicyclic) bond motifs is 1. The van der Waals surface area contributed by atoms with Gasteiger partial charge in [-0.05, 0) is 67.9 Å². The highest BCUT2D eigenvalue weighted by molar-refractivity contribution is 5.99. The second kappa shape index (κ2) is 7.31. The van der Waals surface area contributed by atoms with E-state index in [1.807, 2.05) is 30.7 Å². The van der Waals surface area contributed by atoms with Crippen molar-refractivity contribution in [3.8, 4) is 11.4 Å². The lowest BCUT2D eigenvalue weighted by Gasteiger charge is -2.07. The van der Waals surface area contributed by atoms with E-state index in [-0.39, 0.29) is 12.4 Å². The molecular formula is C22H20N2O4. The van der Waals surface area contributed by atoms with Crippen molar-refractivity contribution >= 4 is 11.8 Å². The third-order valence-electron chi connectivity index (χ3n) is 4.70. The molecule has 142 valence electrons. The van der Waals surface area contributed by atoms with Gasteiger partial charge >= 0.3 is 5.97 Å². The molecule has 0 aliphatic carbocycles. The van der Waals surface area contributed by atoms with E-state index in [1.54, 1.807) is 36.4 Å². The molecule has 1 aliphatic rings. The number of hydrogen-bond donors (Lipinski definition) is 0. The van der Waals surface area contributed by atoms with E-state index in [4.69, 9.17) is 9.47 Å². The molecule has 3 aromatic rings. The fraction of sp³-hybridized carbons (Fsp3) is 0.227. The Morgan fingerprint density at radius 2 is 1.82 bits per heavy atom. The van der Waals surface area contributed by atoms with Crippen molar-refractivity contribution < 1.29 is 19.1 Å². The maximum absolute atomic E-state index is 12.3. The lowest BCUT2D eigenvalue weighted by atomic mass is 10.1. The zero-order valence-corrected chi connectivity index (χ0v) is 15.8. The number of carbonyl (C=O) groups is 2. The third kappa shape index (κ3) is 3.53. The van der Waals surface area contributed by atoms with E-state index in [0.717, 1.165) is 34.8 Å². The van der Waals surface area contributed by atoms with Gasteiger partial charge in [-0.15, -0.1) is 0 Å². The van der Waals surface area contributed by atoms with Gasteiger partial charge in [0.2, 0.25) is 0 Å². The summed E-state index contributed by atoms with van der Waals surface area (Å²) in [5.74, 6) is 0.0521. The lowest BCUT2D eigenvalue weighted by molar-refractivity contribution is 0.0474. The molecular weight excluding hydrogens is 356 g/mol. The van der Waals surface area contributed by atoms with Gasteiger partial charge < -0.3 is 9.47 Å². The minimum Gasteiger partial charge on any atom is -0.493 e. The minimum absolute atomic E-state index is 0.234. The zero-order chi connectivity index (χ0) is 19.7. The van der Waals surface area contributed by atoms with Crippen molar-refractivity contribution in [3.63, 3.8) is 0 Å². The number of esters is 1. The predicted octanol–water partition coefficient (Wildman–Crippen LogP) is 3.46. The molecule has 0 saturated carbocycles. The van der Waals surface area contributed by atoms with Crippen molar-refractivity contribution in [2.24, 2.45) is 0 Å². The predicted molar refractivity (Wildman–Crippen MR) is 103 cm³/mol. The molecule has 0 amide bonds.